The van der Waals surface area contributed by atoms with Gasteiger partial charge in [-0.2, -0.15) is 0 Å². The molecular formula is C82H96N2. The third-order valence-corrected chi connectivity index (χ3v) is 17.0. The number of rotatable bonds is 10. The van der Waals surface area contributed by atoms with E-state index in [4.69, 9.17) is 0 Å². The molecule has 9 rings (SSSR count). The van der Waals surface area contributed by atoms with Crippen LogP contribution in [0.25, 0.3) is 55.6 Å². The van der Waals surface area contributed by atoms with Crippen molar-refractivity contribution in [3.05, 3.63) is 233 Å². The molecule has 84 heavy (non-hydrogen) atoms. The maximum atomic E-state index is 4.22. The summed E-state index contributed by atoms with van der Waals surface area (Å²) in [6, 6.07) is 74.7. The highest BCUT2D eigenvalue weighted by Crippen LogP contribution is 2.50. The van der Waals surface area contributed by atoms with Gasteiger partial charge in [0, 0.05) is 39.3 Å². The van der Waals surface area contributed by atoms with Gasteiger partial charge in [0.15, 0.2) is 0 Å². The zero-order valence-electron chi connectivity index (χ0n) is 54.9. The molecule has 9 aromatic carbocycles. The van der Waals surface area contributed by atoms with Crippen molar-refractivity contribution >= 4 is 28.4 Å². The first kappa shape index (κ1) is 61.1. The maximum Gasteiger partial charge on any atom is 0.0618 e. The van der Waals surface area contributed by atoms with E-state index in [0.717, 1.165) is 50.7 Å². The normalized spacial score (nSPS) is 12.8. The van der Waals surface area contributed by atoms with Gasteiger partial charge < -0.3 is 10.2 Å². The molecule has 0 aromatic heterocycles. The second kappa shape index (κ2) is 22.5. The number of hydrogen-bond donors (Lipinski definition) is 1. The lowest BCUT2D eigenvalue weighted by molar-refractivity contribution is 0.569. The van der Waals surface area contributed by atoms with Crippen molar-refractivity contribution in [2.45, 2.75) is 183 Å². The van der Waals surface area contributed by atoms with E-state index in [2.05, 4.69) is 350 Å². The van der Waals surface area contributed by atoms with E-state index >= 15 is 0 Å². The first-order chi connectivity index (χ1) is 39.0. The van der Waals surface area contributed by atoms with Gasteiger partial charge >= 0.3 is 0 Å². The standard InChI is InChI=1S/C82H96N2/c1-76(2,3)60-39-31-54(32-40-60)70-27-23-28-71(55-33-41-61(42-34-55)77(4,5)6)74(70)83-67-51-66(82(19,20)21)52-69(53-67)84(68-26-22-25-58(49-68)59-47-64(80(13,14)15)50-65(48-59)81(16,17)18)75-72(56-35-43-62(44-36-56)78(7,8)9)29-24-30-73(75)57-37-45-63(46-38-57)79(10,11)12/h22-53,83H,1-21H3. The van der Waals surface area contributed by atoms with Gasteiger partial charge in [-0.1, -0.05) is 309 Å². The van der Waals surface area contributed by atoms with Gasteiger partial charge in [0.25, 0.3) is 0 Å². The zero-order valence-corrected chi connectivity index (χ0v) is 54.9. The van der Waals surface area contributed by atoms with Crippen molar-refractivity contribution in [1.29, 1.82) is 0 Å². The Morgan fingerprint density at radius 3 is 0.917 bits per heavy atom. The van der Waals surface area contributed by atoms with Crippen LogP contribution in [0.1, 0.15) is 184 Å². The zero-order chi connectivity index (χ0) is 61.1. The minimum atomic E-state index is -0.224. The molecule has 0 fully saturated rings. The minimum absolute atomic E-state index is 0.00265. The van der Waals surface area contributed by atoms with Gasteiger partial charge in [0.05, 0.1) is 11.4 Å². The Morgan fingerprint density at radius 1 is 0.238 bits per heavy atom. The molecule has 1 N–H and O–H groups in total. The molecule has 0 aliphatic carbocycles. The Kier molecular flexibility index (Phi) is 16.4. The molecule has 0 bridgehead atoms. The highest BCUT2D eigenvalue weighted by molar-refractivity contribution is 5.99. The molecule has 0 saturated heterocycles. The largest absolute Gasteiger partial charge is 0.354 e. The van der Waals surface area contributed by atoms with Crippen LogP contribution in [0, 0.1) is 0 Å². The molecule has 0 atom stereocenters. The van der Waals surface area contributed by atoms with Crippen LogP contribution in [0.15, 0.2) is 194 Å². The molecular weight excluding hydrogens is 1010 g/mol. The lowest BCUT2D eigenvalue weighted by Crippen LogP contribution is -2.17. The van der Waals surface area contributed by atoms with E-state index in [0.29, 0.717) is 0 Å². The predicted molar refractivity (Wildman–Crippen MR) is 369 cm³/mol. The van der Waals surface area contributed by atoms with Crippen LogP contribution in [-0.2, 0) is 37.9 Å². The van der Waals surface area contributed by atoms with Crippen molar-refractivity contribution in [2.24, 2.45) is 0 Å². The Balaban J connectivity index is 1.37. The fourth-order valence-corrected chi connectivity index (χ4v) is 11.3. The summed E-state index contributed by atoms with van der Waals surface area (Å²) in [5.74, 6) is 0. The Hall–Kier alpha value is -7.42. The van der Waals surface area contributed by atoms with Crippen LogP contribution < -0.4 is 10.2 Å². The van der Waals surface area contributed by atoms with Crippen molar-refractivity contribution in [3.63, 3.8) is 0 Å². The Morgan fingerprint density at radius 2 is 0.560 bits per heavy atom. The quantitative estimate of drug-likeness (QED) is 0.147. The second-order valence-electron chi connectivity index (χ2n) is 31.1. The average molecular weight is 1110 g/mol. The second-order valence-corrected chi connectivity index (χ2v) is 31.1. The summed E-state index contributed by atoms with van der Waals surface area (Å²) in [5, 5.41) is 4.22. The summed E-state index contributed by atoms with van der Waals surface area (Å²) in [7, 11) is 0. The maximum absolute atomic E-state index is 4.22. The molecule has 0 saturated carbocycles. The van der Waals surface area contributed by atoms with Crippen LogP contribution in [0.2, 0.25) is 0 Å². The number of nitrogens with zero attached hydrogens (tertiary/aromatic N) is 1. The number of benzene rings is 9. The molecule has 2 nitrogen and oxygen atoms in total. The molecule has 0 heterocycles. The number of hydrogen-bond acceptors (Lipinski definition) is 2. The summed E-state index contributed by atoms with van der Waals surface area (Å²) < 4.78 is 0. The SMILES string of the molecule is CC(C)(C)c1ccc(-c2cccc(-c3ccc(C(C)(C)C)cc3)c2Nc2cc(N(c3cccc(-c4cc(C(C)(C)C)cc(C(C)(C)C)c4)c3)c3c(-c4ccc(C(C)(C)C)cc4)cccc3-c3ccc(C(C)(C)C)cc3)cc(C(C)(C)C)c2)cc1. The summed E-state index contributed by atoms with van der Waals surface area (Å²) in [6.07, 6.45) is 0. The lowest BCUT2D eigenvalue weighted by Gasteiger charge is -2.33. The van der Waals surface area contributed by atoms with E-state index in [9.17, 15) is 0 Å². The summed E-state index contributed by atoms with van der Waals surface area (Å²) in [6.45, 7) is 48.5. The molecule has 0 unspecified atom stereocenters. The molecule has 0 aliphatic heterocycles. The van der Waals surface area contributed by atoms with Crippen molar-refractivity contribution in [3.8, 4) is 55.6 Å². The molecule has 0 spiro atoms. The van der Waals surface area contributed by atoms with Gasteiger partial charge in [-0.3, -0.25) is 0 Å². The fraction of sp³-hybridized carbons (Fsp3) is 0.341. The Labute approximate surface area is 507 Å². The number of anilines is 5. The minimum Gasteiger partial charge on any atom is -0.354 e. The molecule has 0 aliphatic rings. The average Bonchev–Trinajstić information content (AvgIpc) is 1.16. The van der Waals surface area contributed by atoms with Gasteiger partial charge in [0.1, 0.15) is 0 Å². The van der Waals surface area contributed by atoms with Crippen molar-refractivity contribution in [1.82, 2.24) is 0 Å². The molecule has 9 aromatic rings. The van der Waals surface area contributed by atoms with Gasteiger partial charge in [-0.15, -0.1) is 0 Å². The lowest BCUT2D eigenvalue weighted by atomic mass is 9.79. The van der Waals surface area contributed by atoms with Crippen molar-refractivity contribution in [2.75, 3.05) is 10.2 Å². The molecule has 2 heteroatoms. The van der Waals surface area contributed by atoms with E-state index in [1.165, 1.54) is 72.3 Å². The third-order valence-electron chi connectivity index (χ3n) is 17.0. The van der Waals surface area contributed by atoms with E-state index in [1.54, 1.807) is 0 Å². The number of para-hydroxylation sites is 2. The monoisotopic (exact) mass is 1110 g/mol. The summed E-state index contributed by atoms with van der Waals surface area (Å²) in [4.78, 5) is 2.57. The number of nitrogens with one attached hydrogen (secondary N) is 1. The molecule has 0 radical (unpaired) electrons. The van der Waals surface area contributed by atoms with Crippen LogP contribution >= 0.6 is 0 Å². The first-order valence-corrected chi connectivity index (χ1v) is 30.7. The van der Waals surface area contributed by atoms with E-state index in [1.807, 2.05) is 0 Å². The fourth-order valence-electron chi connectivity index (χ4n) is 11.3. The van der Waals surface area contributed by atoms with Crippen LogP contribution in [0.5, 0.6) is 0 Å². The smallest absolute Gasteiger partial charge is 0.0618 e. The van der Waals surface area contributed by atoms with Gasteiger partial charge in [0.2, 0.25) is 0 Å². The highest BCUT2D eigenvalue weighted by Gasteiger charge is 2.28. The van der Waals surface area contributed by atoms with Crippen LogP contribution in [-0.4, -0.2) is 0 Å². The van der Waals surface area contributed by atoms with Gasteiger partial charge in [-0.05, 0) is 141 Å². The predicted octanol–water partition coefficient (Wildman–Crippen LogP) is 24.3. The molecule has 0 amide bonds. The van der Waals surface area contributed by atoms with Crippen molar-refractivity contribution < 1.29 is 0 Å². The Bertz CT molecular complexity index is 3600. The van der Waals surface area contributed by atoms with Gasteiger partial charge in [-0.25, -0.2) is 0 Å². The molecule has 434 valence electrons. The highest BCUT2D eigenvalue weighted by atomic mass is 15.1. The van der Waals surface area contributed by atoms with Crippen LogP contribution in [0.3, 0.4) is 0 Å². The summed E-state index contributed by atoms with van der Waals surface area (Å²) in [5.41, 5.74) is 25.9. The first-order valence-electron chi connectivity index (χ1n) is 30.7. The summed E-state index contributed by atoms with van der Waals surface area (Å²) >= 11 is 0. The third kappa shape index (κ3) is 13.6. The van der Waals surface area contributed by atoms with E-state index < -0.39 is 0 Å². The topological polar surface area (TPSA) is 15.3 Å². The van der Waals surface area contributed by atoms with E-state index in [-0.39, 0.29) is 37.9 Å². The van der Waals surface area contributed by atoms with Crippen LogP contribution in [0.4, 0.5) is 28.4 Å².